The van der Waals surface area contributed by atoms with Crippen LogP contribution < -0.4 is 4.74 Å². The summed E-state index contributed by atoms with van der Waals surface area (Å²) >= 11 is 0. The molecule has 0 unspecified atom stereocenters. The van der Waals surface area contributed by atoms with Gasteiger partial charge in [0.05, 0.1) is 14.2 Å². The van der Waals surface area contributed by atoms with E-state index in [1.54, 1.807) is 0 Å². The average Bonchev–Trinajstić information content (AvgIpc) is 2.45. The minimum Gasteiger partial charge on any atom is -0.500 e. The molecule has 0 aliphatic heterocycles. The van der Waals surface area contributed by atoms with E-state index in [0.29, 0.717) is 0 Å². The second kappa shape index (κ2) is 7.27. The van der Waals surface area contributed by atoms with Crippen LogP contribution in [0.1, 0.15) is 22.2 Å². The molecule has 0 atom stereocenters. The lowest BCUT2D eigenvalue weighted by molar-refractivity contribution is -0.138. The lowest BCUT2D eigenvalue weighted by Gasteiger charge is -2.14. The number of rotatable bonds is 6. The summed E-state index contributed by atoms with van der Waals surface area (Å²) in [6.07, 6.45) is -1.08. The van der Waals surface area contributed by atoms with E-state index in [2.05, 4.69) is 9.47 Å². The molecule has 0 heterocycles. The zero-order valence-electron chi connectivity index (χ0n) is 11.3. The van der Waals surface area contributed by atoms with Gasteiger partial charge in [-0.15, -0.1) is 0 Å². The van der Waals surface area contributed by atoms with Crippen LogP contribution in [-0.2, 0) is 14.3 Å². The molecule has 0 aliphatic carbocycles. The average molecular weight is 298 g/mol. The van der Waals surface area contributed by atoms with Gasteiger partial charge in [0.2, 0.25) is 5.76 Å². The van der Waals surface area contributed by atoms with Gasteiger partial charge in [0.15, 0.2) is 6.29 Å². The fraction of sp³-hybridized carbons (Fsp3) is 0.231. The molecule has 0 fully saturated rings. The Kier molecular flexibility index (Phi) is 5.70. The minimum absolute atomic E-state index is 0.262. The second-order valence-corrected chi connectivity index (χ2v) is 3.71. The lowest BCUT2D eigenvalue weighted by atomic mass is 10.1. The molecule has 1 rings (SSSR count). The van der Waals surface area contributed by atoms with Crippen LogP contribution in [0.2, 0.25) is 0 Å². The summed E-state index contributed by atoms with van der Waals surface area (Å²) in [5.41, 5.74) is -0.764. The van der Waals surface area contributed by atoms with Crippen molar-refractivity contribution >= 4 is 11.9 Å². The van der Waals surface area contributed by atoms with Crippen molar-refractivity contribution in [2.75, 3.05) is 14.2 Å². The van der Waals surface area contributed by atoms with Crippen LogP contribution in [0.3, 0.4) is 0 Å². The van der Waals surface area contributed by atoms with Gasteiger partial charge in [-0.1, -0.05) is 12.1 Å². The van der Waals surface area contributed by atoms with Crippen molar-refractivity contribution < 1.29 is 39.1 Å². The van der Waals surface area contributed by atoms with Crippen molar-refractivity contribution in [3.8, 4) is 5.75 Å². The van der Waals surface area contributed by atoms with Crippen LogP contribution in [-0.4, -0.2) is 41.5 Å². The summed E-state index contributed by atoms with van der Waals surface area (Å²) < 4.78 is 14.2. The smallest absolute Gasteiger partial charge is 0.377 e. The van der Waals surface area contributed by atoms with Crippen LogP contribution in [0.4, 0.5) is 0 Å². The van der Waals surface area contributed by atoms with Gasteiger partial charge < -0.3 is 29.5 Å². The number of aliphatic hydroxyl groups is 2. The van der Waals surface area contributed by atoms with Crippen LogP contribution >= 0.6 is 0 Å². The number of aliphatic hydroxyl groups excluding tert-OH is 1. The molecule has 114 valence electrons. The Bertz CT molecular complexity index is 561. The maximum absolute atomic E-state index is 11.5. The van der Waals surface area contributed by atoms with E-state index in [1.807, 2.05) is 0 Å². The first kappa shape index (κ1) is 16.5. The molecule has 1 aromatic rings. The van der Waals surface area contributed by atoms with Crippen LogP contribution in [0.25, 0.3) is 0 Å². The lowest BCUT2D eigenvalue weighted by Crippen LogP contribution is -2.15. The molecule has 8 nitrogen and oxygen atoms in total. The second-order valence-electron chi connectivity index (χ2n) is 3.71. The number of carboxylic acid groups (broad SMARTS) is 1. The molecule has 1 aromatic carbocycles. The molecule has 0 aliphatic rings. The van der Waals surface area contributed by atoms with Gasteiger partial charge in [0.25, 0.3) is 0 Å². The Balaban J connectivity index is 3.30. The molecule has 21 heavy (non-hydrogen) atoms. The van der Waals surface area contributed by atoms with Gasteiger partial charge in [0.1, 0.15) is 17.6 Å². The van der Waals surface area contributed by atoms with Crippen LogP contribution in [0.15, 0.2) is 30.2 Å². The number of aromatic carboxylic acids is 1. The molecule has 0 saturated carbocycles. The van der Waals surface area contributed by atoms with Crippen molar-refractivity contribution in [3.05, 3.63) is 41.3 Å². The monoisotopic (exact) mass is 298 g/mol. The van der Waals surface area contributed by atoms with Crippen LogP contribution in [0.5, 0.6) is 5.75 Å². The summed E-state index contributed by atoms with van der Waals surface area (Å²) in [5, 5.41) is 27.5. The largest absolute Gasteiger partial charge is 0.500 e. The molecule has 0 radical (unpaired) electrons. The van der Waals surface area contributed by atoms with Gasteiger partial charge >= 0.3 is 11.9 Å². The normalized spacial score (nSPS) is 11.2. The Morgan fingerprint density at radius 2 is 1.90 bits per heavy atom. The van der Waals surface area contributed by atoms with Gasteiger partial charge in [-0.2, -0.15) is 0 Å². The molecular weight excluding hydrogens is 284 g/mol. The number of esters is 1. The highest BCUT2D eigenvalue weighted by Crippen LogP contribution is 2.28. The fourth-order valence-electron chi connectivity index (χ4n) is 1.52. The van der Waals surface area contributed by atoms with E-state index >= 15 is 0 Å². The van der Waals surface area contributed by atoms with E-state index in [4.69, 9.17) is 9.84 Å². The number of benzene rings is 1. The summed E-state index contributed by atoms with van der Waals surface area (Å²) in [5.74, 6) is -2.99. The van der Waals surface area contributed by atoms with Gasteiger partial charge in [-0.05, 0) is 6.07 Å². The molecule has 3 N–H and O–H groups in total. The number of carbonyl (C=O) groups excluding carboxylic acids is 1. The number of methoxy groups -OCH3 is 2. The van der Waals surface area contributed by atoms with E-state index < -0.39 is 29.6 Å². The molecule has 0 amide bonds. The van der Waals surface area contributed by atoms with Gasteiger partial charge in [-0.3, -0.25) is 0 Å². The standard InChI is InChI=1S/C13H14O8/c1-19-6-9(13(18)20-2)21-8-5-3-4-7(11(14)15)10(8)12(16)17/h3-6,11,14-15H,1-2H3,(H,16,17)/b9-6+. The number of hydrogen-bond acceptors (Lipinski definition) is 7. The maximum atomic E-state index is 11.5. The Morgan fingerprint density at radius 3 is 2.38 bits per heavy atom. The first-order chi connectivity index (χ1) is 9.92. The third-order valence-electron chi connectivity index (χ3n) is 2.38. The van der Waals surface area contributed by atoms with Gasteiger partial charge in [0, 0.05) is 5.56 Å². The number of carbonyl (C=O) groups is 2. The summed E-state index contributed by atoms with van der Waals surface area (Å²) in [6.45, 7) is 0. The summed E-state index contributed by atoms with van der Waals surface area (Å²) in [6, 6.07) is 3.80. The number of hydrogen-bond donors (Lipinski definition) is 3. The van der Waals surface area contributed by atoms with Crippen LogP contribution in [0, 0.1) is 0 Å². The maximum Gasteiger partial charge on any atom is 0.377 e. The zero-order chi connectivity index (χ0) is 16.0. The molecule has 0 saturated heterocycles. The van der Waals surface area contributed by atoms with Crippen molar-refractivity contribution in [1.82, 2.24) is 0 Å². The first-order valence-electron chi connectivity index (χ1n) is 5.63. The third kappa shape index (κ3) is 3.94. The SMILES string of the molecule is CO/C=C(/Oc1cccc(C(O)O)c1C(=O)O)C(=O)OC. The zero-order valence-corrected chi connectivity index (χ0v) is 11.3. The van der Waals surface area contributed by atoms with Crippen molar-refractivity contribution in [3.63, 3.8) is 0 Å². The van der Waals surface area contributed by atoms with E-state index in [1.165, 1.54) is 25.3 Å². The summed E-state index contributed by atoms with van der Waals surface area (Å²) in [4.78, 5) is 22.7. The van der Waals surface area contributed by atoms with Crippen molar-refractivity contribution in [2.45, 2.75) is 6.29 Å². The van der Waals surface area contributed by atoms with E-state index in [-0.39, 0.29) is 11.3 Å². The first-order valence-corrected chi connectivity index (χ1v) is 5.63. The molecule has 8 heteroatoms. The molecule has 0 spiro atoms. The molecule has 0 aromatic heterocycles. The van der Waals surface area contributed by atoms with E-state index in [9.17, 15) is 19.8 Å². The quantitative estimate of drug-likeness (QED) is 0.299. The van der Waals surface area contributed by atoms with E-state index in [0.717, 1.165) is 13.4 Å². The third-order valence-corrected chi connectivity index (χ3v) is 2.38. The summed E-state index contributed by atoms with van der Waals surface area (Å²) in [7, 11) is 2.37. The Hall–Kier alpha value is -2.58. The highest BCUT2D eigenvalue weighted by Gasteiger charge is 2.23. The Morgan fingerprint density at radius 1 is 1.24 bits per heavy atom. The number of ether oxygens (including phenoxy) is 3. The van der Waals surface area contributed by atoms with Crippen molar-refractivity contribution in [1.29, 1.82) is 0 Å². The highest BCUT2D eigenvalue weighted by molar-refractivity contribution is 5.93. The number of carboxylic acids is 1. The predicted molar refractivity (Wildman–Crippen MR) is 68.3 cm³/mol. The Labute approximate surface area is 119 Å². The van der Waals surface area contributed by atoms with Crippen molar-refractivity contribution in [2.24, 2.45) is 0 Å². The highest BCUT2D eigenvalue weighted by atomic mass is 16.6. The minimum atomic E-state index is -2.01. The predicted octanol–water partition coefficient (Wildman–Crippen LogP) is 0.408. The van der Waals surface area contributed by atoms with Gasteiger partial charge in [-0.25, -0.2) is 9.59 Å². The topological polar surface area (TPSA) is 123 Å². The fourth-order valence-corrected chi connectivity index (χ4v) is 1.52. The molecular formula is C13H14O8. The molecule has 0 bridgehead atoms.